The van der Waals surface area contributed by atoms with Crippen LogP contribution < -0.4 is 4.74 Å². The second kappa shape index (κ2) is 6.43. The number of ether oxygens (including phenoxy) is 1. The van der Waals surface area contributed by atoms with E-state index < -0.39 is 10.0 Å². The minimum Gasteiger partial charge on any atom is -0.496 e. The molecule has 1 atom stereocenters. The molecule has 0 amide bonds. The molecule has 1 unspecified atom stereocenters. The zero-order valence-electron chi connectivity index (χ0n) is 11.3. The summed E-state index contributed by atoms with van der Waals surface area (Å²) in [5.41, 5.74) is 0. The Hall–Kier alpha value is -0.630. The van der Waals surface area contributed by atoms with Gasteiger partial charge in [-0.2, -0.15) is 4.31 Å². The number of hydrogen-bond acceptors (Lipinski definition) is 4. The van der Waals surface area contributed by atoms with E-state index in [0.717, 1.165) is 6.42 Å². The van der Waals surface area contributed by atoms with Crippen LogP contribution in [0.15, 0.2) is 27.6 Å². The van der Waals surface area contributed by atoms with Gasteiger partial charge < -0.3 is 9.84 Å². The molecule has 7 heteroatoms. The van der Waals surface area contributed by atoms with Crippen molar-refractivity contribution >= 4 is 26.0 Å². The number of hydrogen-bond donors (Lipinski definition) is 1. The van der Waals surface area contributed by atoms with E-state index >= 15 is 0 Å². The molecule has 0 saturated carbocycles. The van der Waals surface area contributed by atoms with Gasteiger partial charge in [0, 0.05) is 19.7 Å². The highest BCUT2D eigenvalue weighted by molar-refractivity contribution is 9.10. The predicted octanol–water partition coefficient (Wildman–Crippen LogP) is 1.85. The SMILES string of the molecule is COc1ccc(S(=O)(=O)N2CCC(CCO)C2)cc1Br. The van der Waals surface area contributed by atoms with Gasteiger partial charge in [-0.05, 0) is 52.9 Å². The third kappa shape index (κ3) is 3.16. The first-order chi connectivity index (χ1) is 9.48. The minimum atomic E-state index is -3.47. The molecule has 1 aliphatic rings. The summed E-state index contributed by atoms with van der Waals surface area (Å²) in [6, 6.07) is 4.75. The van der Waals surface area contributed by atoms with Gasteiger partial charge in [-0.25, -0.2) is 8.42 Å². The molecule has 0 aliphatic carbocycles. The summed E-state index contributed by atoms with van der Waals surface area (Å²) in [5, 5.41) is 8.94. The lowest BCUT2D eigenvalue weighted by atomic mass is 10.1. The highest BCUT2D eigenvalue weighted by Gasteiger charge is 2.32. The second-order valence-corrected chi connectivity index (χ2v) is 7.62. The lowest BCUT2D eigenvalue weighted by molar-refractivity contribution is 0.259. The van der Waals surface area contributed by atoms with E-state index in [-0.39, 0.29) is 17.4 Å². The Labute approximate surface area is 127 Å². The van der Waals surface area contributed by atoms with Crippen LogP contribution in [0.5, 0.6) is 5.75 Å². The summed E-state index contributed by atoms with van der Waals surface area (Å²) >= 11 is 3.30. The molecule has 2 rings (SSSR count). The van der Waals surface area contributed by atoms with E-state index in [2.05, 4.69) is 15.9 Å². The van der Waals surface area contributed by atoms with Crippen LogP contribution in [0.1, 0.15) is 12.8 Å². The molecule has 0 bridgehead atoms. The van der Waals surface area contributed by atoms with Gasteiger partial charge in [0.25, 0.3) is 0 Å². The zero-order valence-corrected chi connectivity index (χ0v) is 13.7. The molecule has 0 spiro atoms. The molecule has 0 radical (unpaired) electrons. The molecule has 1 aliphatic heterocycles. The van der Waals surface area contributed by atoms with Crippen LogP contribution in [0, 0.1) is 5.92 Å². The molecule has 5 nitrogen and oxygen atoms in total. The average molecular weight is 364 g/mol. The topological polar surface area (TPSA) is 66.8 Å². The van der Waals surface area contributed by atoms with Gasteiger partial charge in [0.05, 0.1) is 16.5 Å². The number of benzene rings is 1. The average Bonchev–Trinajstić information content (AvgIpc) is 2.88. The number of halogens is 1. The van der Waals surface area contributed by atoms with E-state index in [1.807, 2.05) is 0 Å². The number of aliphatic hydroxyl groups is 1. The maximum Gasteiger partial charge on any atom is 0.243 e. The van der Waals surface area contributed by atoms with Gasteiger partial charge in [-0.3, -0.25) is 0 Å². The smallest absolute Gasteiger partial charge is 0.243 e. The Morgan fingerprint density at radius 1 is 1.50 bits per heavy atom. The second-order valence-electron chi connectivity index (χ2n) is 4.83. The molecule has 1 heterocycles. The predicted molar refractivity (Wildman–Crippen MR) is 79.3 cm³/mol. The largest absolute Gasteiger partial charge is 0.496 e. The Balaban J connectivity index is 2.21. The Kier molecular flexibility index (Phi) is 5.06. The van der Waals surface area contributed by atoms with Crippen molar-refractivity contribution in [3.8, 4) is 5.75 Å². The standard InChI is InChI=1S/C13H18BrNO4S/c1-19-13-3-2-11(8-12(13)14)20(17,18)15-6-4-10(9-15)5-7-16/h2-3,8,10,16H,4-7,9H2,1H3. The quantitative estimate of drug-likeness (QED) is 0.866. The Morgan fingerprint density at radius 2 is 2.25 bits per heavy atom. The molecule has 1 saturated heterocycles. The molecule has 1 aromatic rings. The van der Waals surface area contributed by atoms with E-state index in [0.29, 0.717) is 29.7 Å². The molecule has 1 N–H and O–H groups in total. The molecular formula is C13H18BrNO4S. The Bertz CT molecular complexity index is 576. The maximum absolute atomic E-state index is 12.5. The molecule has 1 fully saturated rings. The fraction of sp³-hybridized carbons (Fsp3) is 0.538. The number of rotatable bonds is 5. The Morgan fingerprint density at radius 3 is 2.85 bits per heavy atom. The summed E-state index contributed by atoms with van der Waals surface area (Å²) in [4.78, 5) is 0.259. The van der Waals surface area contributed by atoms with Crippen LogP contribution in [0.25, 0.3) is 0 Å². The first-order valence-electron chi connectivity index (χ1n) is 6.43. The van der Waals surface area contributed by atoms with Crippen molar-refractivity contribution in [2.45, 2.75) is 17.7 Å². The fourth-order valence-electron chi connectivity index (χ4n) is 2.39. The monoisotopic (exact) mass is 363 g/mol. The van der Waals surface area contributed by atoms with Gasteiger partial charge in [-0.15, -0.1) is 0 Å². The third-order valence-corrected chi connectivity index (χ3v) is 6.03. The van der Waals surface area contributed by atoms with Crippen LogP contribution in [-0.4, -0.2) is 44.6 Å². The van der Waals surface area contributed by atoms with Crippen molar-refractivity contribution in [3.63, 3.8) is 0 Å². The van der Waals surface area contributed by atoms with Gasteiger partial charge in [0.15, 0.2) is 0 Å². The summed E-state index contributed by atoms with van der Waals surface area (Å²) in [6.07, 6.45) is 1.45. The lowest BCUT2D eigenvalue weighted by Crippen LogP contribution is -2.29. The van der Waals surface area contributed by atoms with Crippen LogP contribution in [0.2, 0.25) is 0 Å². The normalized spacial score (nSPS) is 20.2. The van der Waals surface area contributed by atoms with Gasteiger partial charge in [0.1, 0.15) is 5.75 Å². The lowest BCUT2D eigenvalue weighted by Gasteiger charge is -2.17. The number of sulfonamides is 1. The van der Waals surface area contributed by atoms with E-state index in [4.69, 9.17) is 9.84 Å². The van der Waals surface area contributed by atoms with Crippen molar-refractivity contribution in [1.82, 2.24) is 4.31 Å². The molecule has 112 valence electrons. The molecule has 1 aromatic carbocycles. The van der Waals surface area contributed by atoms with Crippen molar-refractivity contribution in [2.24, 2.45) is 5.92 Å². The first kappa shape index (κ1) is 15.8. The van der Waals surface area contributed by atoms with Crippen molar-refractivity contribution in [2.75, 3.05) is 26.8 Å². The summed E-state index contributed by atoms with van der Waals surface area (Å²) < 4.78 is 32.3. The van der Waals surface area contributed by atoms with Crippen LogP contribution in [0.4, 0.5) is 0 Å². The van der Waals surface area contributed by atoms with Crippen LogP contribution >= 0.6 is 15.9 Å². The van der Waals surface area contributed by atoms with Crippen molar-refractivity contribution in [1.29, 1.82) is 0 Å². The van der Waals surface area contributed by atoms with Crippen molar-refractivity contribution in [3.05, 3.63) is 22.7 Å². The summed E-state index contributed by atoms with van der Waals surface area (Å²) in [6.45, 7) is 1.09. The fourth-order valence-corrected chi connectivity index (χ4v) is 4.64. The van der Waals surface area contributed by atoms with Crippen LogP contribution in [-0.2, 0) is 10.0 Å². The number of nitrogens with zero attached hydrogens (tertiary/aromatic N) is 1. The van der Waals surface area contributed by atoms with Gasteiger partial charge >= 0.3 is 0 Å². The highest BCUT2D eigenvalue weighted by Crippen LogP contribution is 2.31. The highest BCUT2D eigenvalue weighted by atomic mass is 79.9. The van der Waals surface area contributed by atoms with E-state index in [1.165, 1.54) is 11.4 Å². The van der Waals surface area contributed by atoms with Crippen LogP contribution in [0.3, 0.4) is 0 Å². The maximum atomic E-state index is 12.5. The van der Waals surface area contributed by atoms with Gasteiger partial charge in [-0.1, -0.05) is 0 Å². The third-order valence-electron chi connectivity index (χ3n) is 3.55. The number of methoxy groups -OCH3 is 1. The summed E-state index contributed by atoms with van der Waals surface area (Å²) in [7, 11) is -1.94. The van der Waals surface area contributed by atoms with E-state index in [9.17, 15) is 8.42 Å². The minimum absolute atomic E-state index is 0.104. The molecule has 20 heavy (non-hydrogen) atoms. The zero-order chi connectivity index (χ0) is 14.8. The number of aliphatic hydroxyl groups excluding tert-OH is 1. The van der Waals surface area contributed by atoms with E-state index in [1.54, 1.807) is 18.2 Å². The van der Waals surface area contributed by atoms with Crippen molar-refractivity contribution < 1.29 is 18.3 Å². The first-order valence-corrected chi connectivity index (χ1v) is 8.67. The summed E-state index contributed by atoms with van der Waals surface area (Å²) in [5.74, 6) is 0.847. The molecule has 0 aromatic heterocycles. The van der Waals surface area contributed by atoms with Gasteiger partial charge in [0.2, 0.25) is 10.0 Å². The molecular weight excluding hydrogens is 346 g/mol.